The summed E-state index contributed by atoms with van der Waals surface area (Å²) in [6, 6.07) is 12.4. The number of hydrogen-bond donors (Lipinski definition) is 1. The van der Waals surface area contributed by atoms with Crippen LogP contribution in [0.4, 0.5) is 10.1 Å². The molecule has 1 heterocycles. The lowest BCUT2D eigenvalue weighted by molar-refractivity contribution is -0.113. The minimum atomic E-state index is -3.63. The highest BCUT2D eigenvalue weighted by molar-refractivity contribution is 7.99. The first-order valence-corrected chi connectivity index (χ1v) is 13.9. The SMILES string of the molecule is CC[C@@H](C)n1c(SCC(=O)Nc2cccc(F)c2)nnc1-c1cccc(S(=O)(=O)N(CC)CC)c1. The van der Waals surface area contributed by atoms with Crippen molar-refractivity contribution < 1.29 is 17.6 Å². The van der Waals surface area contributed by atoms with Crippen LogP contribution in [-0.4, -0.2) is 52.2 Å². The van der Waals surface area contributed by atoms with Crippen LogP contribution in [0, 0.1) is 5.82 Å². The van der Waals surface area contributed by atoms with Crippen LogP contribution in [0.2, 0.25) is 0 Å². The highest BCUT2D eigenvalue weighted by atomic mass is 32.2. The first kappa shape index (κ1) is 26.8. The zero-order chi connectivity index (χ0) is 25.6. The second-order valence-corrected chi connectivity index (χ2v) is 10.8. The zero-order valence-corrected chi connectivity index (χ0v) is 21.9. The normalized spacial score (nSPS) is 12.6. The quantitative estimate of drug-likeness (QED) is 0.365. The summed E-state index contributed by atoms with van der Waals surface area (Å²) in [5.74, 6) is -0.138. The number of rotatable bonds is 11. The average Bonchev–Trinajstić information content (AvgIpc) is 3.27. The van der Waals surface area contributed by atoms with E-state index in [0.717, 1.165) is 6.42 Å². The molecule has 0 aliphatic rings. The van der Waals surface area contributed by atoms with Gasteiger partial charge in [0.2, 0.25) is 15.9 Å². The van der Waals surface area contributed by atoms with Crippen LogP contribution < -0.4 is 5.32 Å². The van der Waals surface area contributed by atoms with Gasteiger partial charge in [-0.3, -0.25) is 9.36 Å². The van der Waals surface area contributed by atoms with E-state index >= 15 is 0 Å². The van der Waals surface area contributed by atoms with Gasteiger partial charge in [0.1, 0.15) is 5.82 Å². The number of amides is 1. The van der Waals surface area contributed by atoms with E-state index in [1.807, 2.05) is 18.4 Å². The van der Waals surface area contributed by atoms with Crippen LogP contribution in [0.1, 0.15) is 40.2 Å². The molecule has 8 nitrogen and oxygen atoms in total. The van der Waals surface area contributed by atoms with Crippen LogP contribution in [-0.2, 0) is 14.8 Å². The molecule has 1 aromatic heterocycles. The van der Waals surface area contributed by atoms with E-state index in [-0.39, 0.29) is 22.6 Å². The fourth-order valence-electron chi connectivity index (χ4n) is 3.55. The molecule has 1 atom stereocenters. The lowest BCUT2D eigenvalue weighted by Crippen LogP contribution is -2.30. The van der Waals surface area contributed by atoms with Gasteiger partial charge >= 0.3 is 0 Å². The van der Waals surface area contributed by atoms with Gasteiger partial charge in [-0.15, -0.1) is 10.2 Å². The summed E-state index contributed by atoms with van der Waals surface area (Å²) in [5.41, 5.74) is 1.01. The Balaban J connectivity index is 1.87. The number of thioether (sulfide) groups is 1. The third-order valence-electron chi connectivity index (χ3n) is 5.57. The molecule has 0 bridgehead atoms. The summed E-state index contributed by atoms with van der Waals surface area (Å²) in [4.78, 5) is 12.6. The van der Waals surface area contributed by atoms with Crippen molar-refractivity contribution in [3.05, 3.63) is 54.3 Å². The molecule has 0 radical (unpaired) electrons. The number of benzene rings is 2. The molecule has 1 amide bonds. The van der Waals surface area contributed by atoms with Gasteiger partial charge in [0.15, 0.2) is 11.0 Å². The van der Waals surface area contributed by atoms with Gasteiger partial charge in [-0.25, -0.2) is 12.8 Å². The maximum Gasteiger partial charge on any atom is 0.243 e. The maximum absolute atomic E-state index is 13.4. The summed E-state index contributed by atoms with van der Waals surface area (Å²) in [5, 5.41) is 11.8. The maximum atomic E-state index is 13.4. The number of carbonyl (C=O) groups is 1. The molecule has 3 rings (SSSR count). The Morgan fingerprint density at radius 3 is 2.49 bits per heavy atom. The van der Waals surface area contributed by atoms with E-state index in [0.29, 0.717) is 35.3 Å². The Morgan fingerprint density at radius 2 is 1.83 bits per heavy atom. The van der Waals surface area contributed by atoms with E-state index in [2.05, 4.69) is 15.5 Å². The summed E-state index contributed by atoms with van der Waals surface area (Å²) < 4.78 is 42.7. The molecule has 0 saturated carbocycles. The first-order chi connectivity index (χ1) is 16.7. The van der Waals surface area contributed by atoms with Crippen molar-refractivity contribution >= 4 is 33.4 Å². The monoisotopic (exact) mass is 519 g/mol. The fraction of sp³-hybridized carbons (Fsp3) is 0.375. The fourth-order valence-corrected chi connectivity index (χ4v) is 5.89. The molecule has 0 aliphatic heterocycles. The Kier molecular flexibility index (Phi) is 9.03. The van der Waals surface area contributed by atoms with Crippen molar-refractivity contribution in [2.75, 3.05) is 24.2 Å². The van der Waals surface area contributed by atoms with Crippen LogP contribution in [0.25, 0.3) is 11.4 Å². The minimum Gasteiger partial charge on any atom is -0.325 e. The average molecular weight is 520 g/mol. The summed E-state index contributed by atoms with van der Waals surface area (Å²) in [6.07, 6.45) is 0.783. The summed E-state index contributed by atoms with van der Waals surface area (Å²) in [7, 11) is -3.63. The van der Waals surface area contributed by atoms with Gasteiger partial charge < -0.3 is 5.32 Å². The third kappa shape index (κ3) is 6.28. The summed E-state index contributed by atoms with van der Waals surface area (Å²) in [6.45, 7) is 8.41. The first-order valence-electron chi connectivity index (χ1n) is 11.4. The number of halogens is 1. The molecule has 35 heavy (non-hydrogen) atoms. The standard InChI is InChI=1S/C24H30FN5O3S2/c1-5-17(4)30-23(18-10-8-13-21(14-18)35(32,33)29(6-2)7-3)27-28-24(30)34-16-22(31)26-20-12-9-11-19(25)15-20/h8-15,17H,5-7,16H2,1-4H3,(H,26,31)/t17-/m1/s1. The van der Waals surface area contributed by atoms with E-state index < -0.39 is 15.8 Å². The molecule has 0 fully saturated rings. The Morgan fingerprint density at radius 1 is 1.11 bits per heavy atom. The number of nitrogens with zero attached hydrogens (tertiary/aromatic N) is 4. The van der Waals surface area contributed by atoms with Crippen molar-refractivity contribution in [3.63, 3.8) is 0 Å². The lowest BCUT2D eigenvalue weighted by atomic mass is 10.2. The molecule has 1 N–H and O–H groups in total. The second-order valence-electron chi connectivity index (χ2n) is 7.90. The van der Waals surface area contributed by atoms with E-state index in [4.69, 9.17) is 0 Å². The number of aromatic nitrogens is 3. The highest BCUT2D eigenvalue weighted by Crippen LogP contribution is 2.30. The molecular formula is C24H30FN5O3S2. The predicted octanol–water partition coefficient (Wildman–Crippen LogP) is 4.82. The van der Waals surface area contributed by atoms with Crippen LogP contribution in [0.3, 0.4) is 0 Å². The number of hydrogen-bond acceptors (Lipinski definition) is 6. The van der Waals surface area contributed by atoms with Crippen molar-refractivity contribution in [2.24, 2.45) is 0 Å². The topological polar surface area (TPSA) is 97.2 Å². The molecule has 0 spiro atoms. The Bertz CT molecular complexity index is 1280. The predicted molar refractivity (Wildman–Crippen MR) is 136 cm³/mol. The molecule has 188 valence electrons. The molecule has 0 unspecified atom stereocenters. The zero-order valence-electron chi connectivity index (χ0n) is 20.2. The minimum absolute atomic E-state index is 0.0109. The Hall–Kier alpha value is -2.76. The van der Waals surface area contributed by atoms with Crippen LogP contribution >= 0.6 is 11.8 Å². The van der Waals surface area contributed by atoms with Crippen molar-refractivity contribution in [1.29, 1.82) is 0 Å². The van der Waals surface area contributed by atoms with Gasteiger partial charge in [0.25, 0.3) is 0 Å². The van der Waals surface area contributed by atoms with Gasteiger partial charge in [-0.1, -0.05) is 50.7 Å². The lowest BCUT2D eigenvalue weighted by Gasteiger charge is -2.19. The smallest absolute Gasteiger partial charge is 0.243 e. The van der Waals surface area contributed by atoms with Crippen molar-refractivity contribution in [3.8, 4) is 11.4 Å². The Labute approximate surface area is 210 Å². The van der Waals surface area contributed by atoms with Crippen LogP contribution in [0.5, 0.6) is 0 Å². The number of carbonyl (C=O) groups excluding carboxylic acids is 1. The second kappa shape index (κ2) is 11.8. The number of sulfonamides is 1. The van der Waals surface area contributed by atoms with Crippen molar-refractivity contribution in [2.45, 2.75) is 50.2 Å². The van der Waals surface area contributed by atoms with Gasteiger partial charge in [0, 0.05) is 30.4 Å². The molecule has 11 heteroatoms. The van der Waals surface area contributed by atoms with E-state index in [1.165, 1.54) is 34.3 Å². The number of nitrogens with one attached hydrogen (secondary N) is 1. The van der Waals surface area contributed by atoms with Gasteiger partial charge in [-0.05, 0) is 43.7 Å². The molecule has 2 aromatic carbocycles. The third-order valence-corrected chi connectivity index (χ3v) is 8.56. The van der Waals surface area contributed by atoms with Gasteiger partial charge in [0.05, 0.1) is 10.6 Å². The highest BCUT2D eigenvalue weighted by Gasteiger charge is 2.24. The number of anilines is 1. The molecule has 0 aliphatic carbocycles. The molecule has 3 aromatic rings. The van der Waals surface area contributed by atoms with Crippen molar-refractivity contribution in [1.82, 2.24) is 19.1 Å². The van der Waals surface area contributed by atoms with Gasteiger partial charge in [-0.2, -0.15) is 4.31 Å². The van der Waals surface area contributed by atoms with Crippen LogP contribution in [0.15, 0.2) is 58.6 Å². The molecule has 0 saturated heterocycles. The van der Waals surface area contributed by atoms with E-state index in [1.54, 1.807) is 44.2 Å². The summed E-state index contributed by atoms with van der Waals surface area (Å²) >= 11 is 1.22. The van der Waals surface area contributed by atoms with E-state index in [9.17, 15) is 17.6 Å². The largest absolute Gasteiger partial charge is 0.325 e. The molecular weight excluding hydrogens is 489 g/mol.